The summed E-state index contributed by atoms with van der Waals surface area (Å²) in [5, 5.41) is 0. The van der Waals surface area contributed by atoms with Crippen LogP contribution in [0.3, 0.4) is 0 Å². The van der Waals surface area contributed by atoms with Gasteiger partial charge in [0.05, 0.1) is 18.8 Å². The lowest BCUT2D eigenvalue weighted by molar-refractivity contribution is -0.141. The number of anilines is 1. The lowest BCUT2D eigenvalue weighted by atomic mass is 10.1. The van der Waals surface area contributed by atoms with Gasteiger partial charge in [0.25, 0.3) is 0 Å². The first-order valence-electron chi connectivity index (χ1n) is 7.27. The van der Waals surface area contributed by atoms with Crippen LogP contribution < -0.4 is 9.64 Å². The van der Waals surface area contributed by atoms with Gasteiger partial charge in [-0.15, -0.1) is 0 Å². The molecule has 2 rings (SSSR count). The summed E-state index contributed by atoms with van der Waals surface area (Å²) in [6, 6.07) is 5.33. The Kier molecular flexibility index (Phi) is 4.83. The second-order valence-electron chi connectivity index (χ2n) is 5.07. The molecule has 0 N–H and O–H groups in total. The highest BCUT2D eigenvalue weighted by atomic mass is 16.5. The van der Waals surface area contributed by atoms with Crippen molar-refractivity contribution in [3.63, 3.8) is 0 Å². The number of hydrogen-bond acceptors (Lipinski definition) is 5. The largest absolute Gasteiger partial charge is 0.486 e. The van der Waals surface area contributed by atoms with Gasteiger partial charge in [-0.3, -0.25) is 9.59 Å². The van der Waals surface area contributed by atoms with E-state index in [9.17, 15) is 9.59 Å². The molecular weight excluding hydrogens is 270 g/mol. The summed E-state index contributed by atoms with van der Waals surface area (Å²) < 4.78 is 10.9. The molecule has 21 heavy (non-hydrogen) atoms. The summed E-state index contributed by atoms with van der Waals surface area (Å²) in [5.41, 5.74) is 1.39. The normalized spacial score (nSPS) is 16.9. The summed E-state index contributed by atoms with van der Waals surface area (Å²) in [7, 11) is 0. The Morgan fingerprint density at radius 1 is 1.38 bits per heavy atom. The highest BCUT2D eigenvalue weighted by Gasteiger charge is 2.27. The molecule has 114 valence electrons. The van der Waals surface area contributed by atoms with Crippen LogP contribution >= 0.6 is 0 Å². The third-order valence-electron chi connectivity index (χ3n) is 3.50. The molecule has 0 bridgehead atoms. The zero-order valence-electron chi connectivity index (χ0n) is 12.7. The molecule has 0 amide bonds. The molecule has 1 unspecified atom stereocenters. The first kappa shape index (κ1) is 15.4. The van der Waals surface area contributed by atoms with Crippen molar-refractivity contribution in [1.29, 1.82) is 0 Å². The van der Waals surface area contributed by atoms with E-state index >= 15 is 0 Å². The molecule has 5 nitrogen and oxygen atoms in total. The summed E-state index contributed by atoms with van der Waals surface area (Å²) in [5.74, 6) is 0.433. The van der Waals surface area contributed by atoms with Crippen molar-refractivity contribution in [2.75, 3.05) is 24.6 Å². The van der Waals surface area contributed by atoms with Gasteiger partial charge in [-0.1, -0.05) is 6.92 Å². The molecule has 0 aliphatic carbocycles. The van der Waals surface area contributed by atoms with Crippen LogP contribution in [-0.2, 0) is 9.53 Å². The molecule has 1 aliphatic rings. The lowest BCUT2D eigenvalue weighted by Crippen LogP contribution is -2.42. The number of ether oxygens (including phenoxy) is 2. The molecule has 5 heteroatoms. The molecule has 1 aromatic carbocycles. The van der Waals surface area contributed by atoms with Crippen molar-refractivity contribution in [2.24, 2.45) is 0 Å². The second kappa shape index (κ2) is 6.61. The van der Waals surface area contributed by atoms with E-state index in [1.54, 1.807) is 25.1 Å². The maximum absolute atomic E-state index is 11.8. The van der Waals surface area contributed by atoms with Crippen molar-refractivity contribution < 1.29 is 19.1 Å². The third-order valence-corrected chi connectivity index (χ3v) is 3.50. The van der Waals surface area contributed by atoms with Crippen LogP contribution in [-0.4, -0.2) is 37.6 Å². The topological polar surface area (TPSA) is 55.8 Å². The van der Waals surface area contributed by atoms with Crippen molar-refractivity contribution >= 4 is 17.4 Å². The van der Waals surface area contributed by atoms with E-state index in [1.165, 1.54) is 6.92 Å². The minimum atomic E-state index is -0.270. The van der Waals surface area contributed by atoms with E-state index in [0.29, 0.717) is 24.5 Å². The van der Waals surface area contributed by atoms with Crippen molar-refractivity contribution in [2.45, 2.75) is 33.3 Å². The van der Waals surface area contributed by atoms with Gasteiger partial charge in [0.15, 0.2) is 5.78 Å². The van der Waals surface area contributed by atoms with Crippen LogP contribution in [0.15, 0.2) is 18.2 Å². The predicted octanol–water partition coefficient (Wildman–Crippen LogP) is 2.43. The van der Waals surface area contributed by atoms with Gasteiger partial charge in [0.1, 0.15) is 18.4 Å². The number of esters is 1. The van der Waals surface area contributed by atoms with E-state index in [2.05, 4.69) is 0 Å². The molecule has 1 aromatic rings. The molecule has 0 spiro atoms. The van der Waals surface area contributed by atoms with E-state index in [1.807, 2.05) is 11.8 Å². The van der Waals surface area contributed by atoms with Gasteiger partial charge in [0, 0.05) is 5.56 Å². The molecule has 1 atom stereocenters. The van der Waals surface area contributed by atoms with Gasteiger partial charge < -0.3 is 14.4 Å². The Bertz CT molecular complexity index is 541. The maximum atomic E-state index is 11.8. The quantitative estimate of drug-likeness (QED) is 0.616. The standard InChI is InChI=1S/C16H21NO4/c1-4-13-9-17(10-16(19)20-5-2)14-8-12(11(3)18)6-7-15(14)21-13/h6-8,13H,4-5,9-10H2,1-3H3. The molecule has 0 radical (unpaired) electrons. The average Bonchev–Trinajstić information content (AvgIpc) is 2.46. The Morgan fingerprint density at radius 3 is 2.76 bits per heavy atom. The fourth-order valence-corrected chi connectivity index (χ4v) is 2.37. The van der Waals surface area contributed by atoms with Crippen LogP contribution in [0.4, 0.5) is 5.69 Å². The average molecular weight is 291 g/mol. The summed E-state index contributed by atoms with van der Waals surface area (Å²) in [4.78, 5) is 25.2. The lowest BCUT2D eigenvalue weighted by Gasteiger charge is -2.35. The fraction of sp³-hybridized carbons (Fsp3) is 0.500. The number of nitrogens with zero attached hydrogens (tertiary/aromatic N) is 1. The number of rotatable bonds is 5. The number of benzene rings is 1. The molecule has 0 saturated carbocycles. The van der Waals surface area contributed by atoms with E-state index < -0.39 is 0 Å². The summed E-state index contributed by atoms with van der Waals surface area (Å²) in [6.45, 7) is 6.50. The minimum Gasteiger partial charge on any atom is -0.486 e. The van der Waals surface area contributed by atoms with Gasteiger partial charge in [-0.25, -0.2) is 0 Å². The van der Waals surface area contributed by atoms with E-state index in [-0.39, 0.29) is 24.4 Å². The minimum absolute atomic E-state index is 0.00787. The van der Waals surface area contributed by atoms with Crippen LogP contribution in [0, 0.1) is 0 Å². The predicted molar refractivity (Wildman–Crippen MR) is 80.0 cm³/mol. The smallest absolute Gasteiger partial charge is 0.325 e. The molecule has 1 heterocycles. The molecule has 1 aliphatic heterocycles. The fourth-order valence-electron chi connectivity index (χ4n) is 2.37. The van der Waals surface area contributed by atoms with Crippen LogP contribution in [0.1, 0.15) is 37.6 Å². The van der Waals surface area contributed by atoms with Gasteiger partial charge >= 0.3 is 5.97 Å². The summed E-state index contributed by atoms with van der Waals surface area (Å²) >= 11 is 0. The van der Waals surface area contributed by atoms with E-state index in [4.69, 9.17) is 9.47 Å². The number of Topliss-reactive ketones (excluding diaryl/α,β-unsaturated/α-hetero) is 1. The highest BCUT2D eigenvalue weighted by molar-refractivity contribution is 5.95. The Morgan fingerprint density at radius 2 is 2.14 bits per heavy atom. The van der Waals surface area contributed by atoms with Gasteiger partial charge in [-0.2, -0.15) is 0 Å². The first-order valence-corrected chi connectivity index (χ1v) is 7.27. The monoisotopic (exact) mass is 291 g/mol. The third kappa shape index (κ3) is 3.54. The first-order chi connectivity index (χ1) is 10.0. The Hall–Kier alpha value is -2.04. The van der Waals surface area contributed by atoms with E-state index in [0.717, 1.165) is 12.1 Å². The Balaban J connectivity index is 2.30. The van der Waals surface area contributed by atoms with Crippen LogP contribution in [0.5, 0.6) is 5.75 Å². The molecular formula is C16H21NO4. The number of fused-ring (bicyclic) bond motifs is 1. The van der Waals surface area contributed by atoms with Gasteiger partial charge in [0.2, 0.25) is 0 Å². The van der Waals surface area contributed by atoms with Crippen molar-refractivity contribution in [3.05, 3.63) is 23.8 Å². The van der Waals surface area contributed by atoms with Crippen LogP contribution in [0.2, 0.25) is 0 Å². The second-order valence-corrected chi connectivity index (χ2v) is 5.07. The molecule has 0 aromatic heterocycles. The number of carbonyl (C=O) groups excluding carboxylic acids is 2. The number of ketones is 1. The van der Waals surface area contributed by atoms with Crippen molar-refractivity contribution in [1.82, 2.24) is 0 Å². The molecule has 0 fully saturated rings. The van der Waals surface area contributed by atoms with Gasteiger partial charge in [-0.05, 0) is 38.5 Å². The zero-order chi connectivity index (χ0) is 15.4. The number of carbonyl (C=O) groups is 2. The Labute approximate surface area is 124 Å². The highest BCUT2D eigenvalue weighted by Crippen LogP contribution is 2.35. The maximum Gasteiger partial charge on any atom is 0.325 e. The SMILES string of the molecule is CCOC(=O)CN1CC(CC)Oc2ccc(C(C)=O)cc21. The molecule has 0 saturated heterocycles. The van der Waals surface area contributed by atoms with Crippen LogP contribution in [0.25, 0.3) is 0 Å². The summed E-state index contributed by atoms with van der Waals surface area (Å²) in [6.07, 6.45) is 0.892. The zero-order valence-corrected chi connectivity index (χ0v) is 12.7. The number of hydrogen-bond donors (Lipinski definition) is 0. The van der Waals surface area contributed by atoms with Crippen molar-refractivity contribution in [3.8, 4) is 5.75 Å².